The van der Waals surface area contributed by atoms with E-state index in [4.69, 9.17) is 0 Å². The summed E-state index contributed by atoms with van der Waals surface area (Å²) < 4.78 is 4.85. The molecule has 0 saturated heterocycles. The van der Waals surface area contributed by atoms with E-state index in [0.29, 0.717) is 0 Å². The maximum absolute atomic E-state index is 2.46. The summed E-state index contributed by atoms with van der Waals surface area (Å²) in [6.45, 7) is 6.79. The van der Waals surface area contributed by atoms with E-state index >= 15 is 0 Å². The van der Waals surface area contributed by atoms with Gasteiger partial charge in [0.25, 0.3) is 0 Å². The first-order valence-corrected chi connectivity index (χ1v) is 14.6. The van der Waals surface area contributed by atoms with Crippen LogP contribution >= 0.6 is 0 Å². The second-order valence-electron chi connectivity index (χ2n) is 6.00. The van der Waals surface area contributed by atoms with Crippen LogP contribution < -0.4 is 9.37 Å². The maximum atomic E-state index is 2.36. The standard InChI is InChI=1S/3C7H7.Pb.H/c3*1-7-5-3-2-4-6-7;;/h3*2-5H,1H3;;. The number of benzene rings is 3. The van der Waals surface area contributed by atoms with Crippen molar-refractivity contribution in [2.45, 2.75) is 20.8 Å². The van der Waals surface area contributed by atoms with Crippen molar-refractivity contribution in [1.82, 2.24) is 0 Å². The predicted octanol–water partition coefficient (Wildman–Crippen LogP) is 2.86. The van der Waals surface area contributed by atoms with E-state index in [-0.39, 0.29) is 0 Å². The van der Waals surface area contributed by atoms with E-state index < -0.39 is 22.7 Å². The first-order valence-electron chi connectivity index (χ1n) is 7.85. The molecule has 3 rings (SSSR count). The van der Waals surface area contributed by atoms with Crippen molar-refractivity contribution in [3.05, 3.63) is 89.5 Å². The van der Waals surface area contributed by atoms with E-state index in [2.05, 4.69) is 93.6 Å². The van der Waals surface area contributed by atoms with E-state index in [9.17, 15) is 0 Å². The Morgan fingerprint density at radius 1 is 0.455 bits per heavy atom. The molecule has 3 aromatic carbocycles. The third-order valence-corrected chi connectivity index (χ3v) is 19.3. The first kappa shape index (κ1) is 15.5. The monoisotopic (exact) mass is 482 g/mol. The summed E-state index contributed by atoms with van der Waals surface area (Å²) in [4.78, 5) is 0. The van der Waals surface area contributed by atoms with Gasteiger partial charge in [-0.05, 0) is 0 Å². The second-order valence-corrected chi connectivity index (χ2v) is 16.6. The summed E-state index contributed by atoms with van der Waals surface area (Å²) in [5, 5.41) is 0. The molecule has 0 fully saturated rings. The number of rotatable bonds is 3. The van der Waals surface area contributed by atoms with Crippen molar-refractivity contribution in [3.8, 4) is 0 Å². The van der Waals surface area contributed by atoms with Gasteiger partial charge in [-0.3, -0.25) is 0 Å². The molecule has 3 aromatic rings. The van der Waals surface area contributed by atoms with E-state index in [1.54, 1.807) is 9.37 Å². The zero-order valence-corrected chi connectivity index (χ0v) is 18.0. The average Bonchev–Trinajstić information content (AvgIpc) is 2.53. The molecule has 0 aromatic heterocycles. The van der Waals surface area contributed by atoms with Crippen LogP contribution in [-0.4, -0.2) is 22.7 Å². The van der Waals surface area contributed by atoms with Crippen molar-refractivity contribution in [2.75, 3.05) is 0 Å². The molecule has 22 heavy (non-hydrogen) atoms. The molecule has 0 amide bonds. The topological polar surface area (TPSA) is 0 Å². The van der Waals surface area contributed by atoms with Gasteiger partial charge in [0, 0.05) is 0 Å². The zero-order valence-electron chi connectivity index (χ0n) is 13.5. The molecule has 0 aliphatic rings. The van der Waals surface area contributed by atoms with Crippen molar-refractivity contribution in [1.29, 1.82) is 0 Å². The van der Waals surface area contributed by atoms with E-state index in [1.165, 1.54) is 16.7 Å². The molecule has 0 nitrogen and oxygen atoms in total. The molecule has 0 unspecified atom stereocenters. The minimum atomic E-state index is -2.46. The molecule has 0 saturated carbocycles. The molecule has 0 N–H and O–H groups in total. The minimum absolute atomic E-state index is 1.45. The second kappa shape index (κ2) is 6.78. The van der Waals surface area contributed by atoms with Crippen LogP contribution in [0.25, 0.3) is 0 Å². The number of hydrogen-bond donors (Lipinski definition) is 0. The summed E-state index contributed by atoms with van der Waals surface area (Å²) in [5.41, 5.74) is 4.34. The van der Waals surface area contributed by atoms with Gasteiger partial charge in [-0.25, -0.2) is 0 Å². The van der Waals surface area contributed by atoms with Crippen LogP contribution in [0.1, 0.15) is 16.7 Å². The summed E-state index contributed by atoms with van der Waals surface area (Å²) in [5.74, 6) is 0. The summed E-state index contributed by atoms with van der Waals surface area (Å²) in [7, 11) is 0. The number of aryl methyl sites for hydroxylation is 3. The fourth-order valence-electron chi connectivity index (χ4n) is 3.23. The fraction of sp³-hybridized carbons (Fsp3) is 0.143. The first-order chi connectivity index (χ1) is 10.7. The molecule has 0 atom stereocenters. The van der Waals surface area contributed by atoms with Crippen LogP contribution in [0.15, 0.2) is 72.8 Å². The van der Waals surface area contributed by atoms with Gasteiger partial charge in [-0.1, -0.05) is 0 Å². The Morgan fingerprint density at radius 3 is 1.00 bits per heavy atom. The van der Waals surface area contributed by atoms with Gasteiger partial charge in [0.2, 0.25) is 0 Å². The summed E-state index contributed by atoms with van der Waals surface area (Å²) in [6.07, 6.45) is 0. The van der Waals surface area contributed by atoms with Gasteiger partial charge in [-0.15, -0.1) is 0 Å². The molecule has 0 bridgehead atoms. The van der Waals surface area contributed by atoms with Crippen molar-refractivity contribution < 1.29 is 0 Å². The van der Waals surface area contributed by atoms with Gasteiger partial charge >= 0.3 is 142 Å². The molecular formula is C21H22Pb. The normalized spacial score (nSPS) is 10.9. The van der Waals surface area contributed by atoms with Crippen LogP contribution in [0.4, 0.5) is 0 Å². The van der Waals surface area contributed by atoms with Crippen molar-refractivity contribution in [2.24, 2.45) is 0 Å². The Hall–Kier alpha value is -1.42. The molecule has 0 heterocycles. The molecule has 0 aliphatic carbocycles. The molecule has 0 spiro atoms. The average molecular weight is 482 g/mol. The molecule has 0 aliphatic heterocycles. The van der Waals surface area contributed by atoms with Crippen molar-refractivity contribution in [3.63, 3.8) is 0 Å². The van der Waals surface area contributed by atoms with E-state index in [1.807, 2.05) is 0 Å². The quantitative estimate of drug-likeness (QED) is 0.505. The Bertz CT molecular complexity index is 681. The summed E-state index contributed by atoms with van der Waals surface area (Å²) >= 11 is -2.46. The van der Waals surface area contributed by atoms with Crippen LogP contribution in [0, 0.1) is 20.8 Å². The molecular weight excluding hydrogens is 459 g/mol. The van der Waals surface area contributed by atoms with Crippen LogP contribution in [0.2, 0.25) is 0 Å². The van der Waals surface area contributed by atoms with Crippen molar-refractivity contribution >= 4 is 32.1 Å². The zero-order chi connectivity index (χ0) is 15.5. The van der Waals surface area contributed by atoms with Crippen LogP contribution in [0.5, 0.6) is 0 Å². The number of hydrogen-bond acceptors (Lipinski definition) is 0. The molecule has 1 heteroatoms. The predicted molar refractivity (Wildman–Crippen MR) is 99.6 cm³/mol. The molecule has 0 radical (unpaired) electrons. The fourth-order valence-corrected chi connectivity index (χ4v) is 17.1. The Labute approximate surface area is 142 Å². The third kappa shape index (κ3) is 3.02. The Kier molecular flexibility index (Phi) is 4.77. The van der Waals surface area contributed by atoms with Gasteiger partial charge in [0.15, 0.2) is 0 Å². The SMILES string of the molecule is Cc1cccc[c]1[PbH]([c]1ccccc1C)[c]1ccccc1C. The summed E-state index contributed by atoms with van der Waals surface area (Å²) in [6, 6.07) is 26.9. The van der Waals surface area contributed by atoms with Crippen LogP contribution in [-0.2, 0) is 0 Å². The molecule has 110 valence electrons. The van der Waals surface area contributed by atoms with Gasteiger partial charge in [-0.2, -0.15) is 0 Å². The van der Waals surface area contributed by atoms with Gasteiger partial charge in [0.1, 0.15) is 0 Å². The third-order valence-electron chi connectivity index (χ3n) is 4.50. The van der Waals surface area contributed by atoms with Gasteiger partial charge in [0.05, 0.1) is 0 Å². The van der Waals surface area contributed by atoms with Gasteiger partial charge < -0.3 is 0 Å². The van der Waals surface area contributed by atoms with Crippen LogP contribution in [0.3, 0.4) is 0 Å². The Morgan fingerprint density at radius 2 is 0.727 bits per heavy atom. The van der Waals surface area contributed by atoms with E-state index in [0.717, 1.165) is 0 Å². The Balaban J connectivity index is 2.27.